The van der Waals surface area contributed by atoms with E-state index >= 15 is 0 Å². The molecular weight excluding hydrogens is 421 g/mol. The Morgan fingerprint density at radius 2 is 1.71 bits per heavy atom. The number of ketones is 1. The molecule has 0 spiro atoms. The summed E-state index contributed by atoms with van der Waals surface area (Å²) in [5.74, 6) is -2.27. The number of halogens is 1. The molecule has 4 rings (SSSR count). The summed E-state index contributed by atoms with van der Waals surface area (Å²) in [6.45, 7) is -0.344. The number of fused-ring (bicyclic) bond motifs is 1. The number of para-hydroxylation sites is 1. The van der Waals surface area contributed by atoms with Crippen LogP contribution in [-0.4, -0.2) is 33.3 Å². The molecule has 31 heavy (non-hydrogen) atoms. The van der Waals surface area contributed by atoms with Crippen molar-refractivity contribution in [2.24, 2.45) is 0 Å². The van der Waals surface area contributed by atoms with Crippen molar-refractivity contribution in [3.8, 4) is 0 Å². The summed E-state index contributed by atoms with van der Waals surface area (Å²) in [6, 6.07) is 18.1. The molecule has 0 saturated carbocycles. The van der Waals surface area contributed by atoms with Gasteiger partial charge in [0.05, 0.1) is 21.7 Å². The molecule has 0 fully saturated rings. The van der Waals surface area contributed by atoms with Gasteiger partial charge in [0, 0.05) is 6.54 Å². The number of anilines is 1. The van der Waals surface area contributed by atoms with Crippen LogP contribution < -0.4 is 4.31 Å². The monoisotopic (exact) mass is 439 g/mol. The third-order valence-electron chi connectivity index (χ3n) is 5.01. The molecule has 0 amide bonds. The molecule has 3 aromatic carbocycles. The summed E-state index contributed by atoms with van der Waals surface area (Å²) in [6.07, 6.45) is 0.606. The zero-order valence-corrected chi connectivity index (χ0v) is 17.1. The number of carbonyl (C=O) groups is 2. The summed E-state index contributed by atoms with van der Waals surface area (Å²) in [5, 5.41) is 0. The number of benzene rings is 3. The van der Waals surface area contributed by atoms with E-state index in [-0.39, 0.29) is 16.0 Å². The average molecular weight is 439 g/mol. The fraction of sp³-hybridized carbons (Fsp3) is 0.130. The fourth-order valence-corrected chi connectivity index (χ4v) is 5.00. The molecular formula is C23H18FNO5S. The average Bonchev–Trinajstić information content (AvgIpc) is 3.23. The highest BCUT2D eigenvalue weighted by Crippen LogP contribution is 2.32. The van der Waals surface area contributed by atoms with Crippen molar-refractivity contribution >= 4 is 27.5 Å². The van der Waals surface area contributed by atoms with E-state index in [1.54, 1.807) is 12.1 Å². The second-order valence-corrected chi connectivity index (χ2v) is 8.83. The molecule has 6 nitrogen and oxygen atoms in total. The van der Waals surface area contributed by atoms with Crippen molar-refractivity contribution in [3.63, 3.8) is 0 Å². The minimum Gasteiger partial charge on any atom is -0.454 e. The van der Waals surface area contributed by atoms with Crippen LogP contribution >= 0.6 is 0 Å². The predicted octanol–water partition coefficient (Wildman–Crippen LogP) is 3.62. The van der Waals surface area contributed by atoms with Crippen LogP contribution in [0.1, 0.15) is 26.3 Å². The minimum absolute atomic E-state index is 0.0186. The van der Waals surface area contributed by atoms with E-state index in [2.05, 4.69) is 0 Å². The minimum atomic E-state index is -3.88. The standard InChI is InChI=1S/C23H18FNO5S/c24-20-10-3-2-9-19(20)22(26)15-30-23(27)17-7-5-8-18(14-17)31(28,29)25-13-12-16-6-1-4-11-21(16)25/h1-11,14H,12-13,15H2. The molecule has 0 aromatic heterocycles. The van der Waals surface area contributed by atoms with Crippen molar-refractivity contribution in [3.05, 3.63) is 95.3 Å². The maximum Gasteiger partial charge on any atom is 0.338 e. The van der Waals surface area contributed by atoms with Crippen LogP contribution in [0.2, 0.25) is 0 Å². The molecule has 0 aliphatic carbocycles. The van der Waals surface area contributed by atoms with Crippen molar-refractivity contribution < 1.29 is 27.1 Å². The molecule has 1 aliphatic heterocycles. The van der Waals surface area contributed by atoms with Gasteiger partial charge >= 0.3 is 5.97 Å². The van der Waals surface area contributed by atoms with E-state index in [0.29, 0.717) is 18.7 Å². The van der Waals surface area contributed by atoms with Gasteiger partial charge in [-0.15, -0.1) is 0 Å². The van der Waals surface area contributed by atoms with E-state index in [9.17, 15) is 22.4 Å². The molecule has 0 saturated heterocycles. The van der Waals surface area contributed by atoms with Gasteiger partial charge in [0.2, 0.25) is 5.78 Å². The molecule has 8 heteroatoms. The summed E-state index contributed by atoms with van der Waals surface area (Å²) in [5.41, 5.74) is 1.36. The number of carbonyl (C=O) groups excluding carboxylic acids is 2. The third kappa shape index (κ3) is 4.06. The lowest BCUT2D eigenvalue weighted by Crippen LogP contribution is -2.29. The Labute approximate surface area is 178 Å². The molecule has 0 radical (unpaired) electrons. The van der Waals surface area contributed by atoms with Gasteiger partial charge < -0.3 is 4.74 Å². The van der Waals surface area contributed by atoms with Gasteiger partial charge in [-0.2, -0.15) is 0 Å². The fourth-order valence-electron chi connectivity index (χ4n) is 3.45. The predicted molar refractivity (Wildman–Crippen MR) is 112 cm³/mol. The smallest absolute Gasteiger partial charge is 0.338 e. The van der Waals surface area contributed by atoms with Crippen LogP contribution in [0.15, 0.2) is 77.7 Å². The topological polar surface area (TPSA) is 80.8 Å². The summed E-state index contributed by atoms with van der Waals surface area (Å²) < 4.78 is 46.3. The second kappa shape index (κ2) is 8.31. The normalized spacial score (nSPS) is 13.0. The Morgan fingerprint density at radius 3 is 2.52 bits per heavy atom. The zero-order chi connectivity index (χ0) is 22.0. The van der Waals surface area contributed by atoms with Crippen LogP contribution in [-0.2, 0) is 21.2 Å². The first-order valence-corrected chi connectivity index (χ1v) is 11.0. The number of Topliss-reactive ketones (excluding diaryl/α,β-unsaturated/α-hetero) is 1. The first-order chi connectivity index (χ1) is 14.9. The lowest BCUT2D eigenvalue weighted by molar-refractivity contribution is 0.0473. The quantitative estimate of drug-likeness (QED) is 0.433. The third-order valence-corrected chi connectivity index (χ3v) is 6.82. The summed E-state index contributed by atoms with van der Waals surface area (Å²) in [7, 11) is -3.88. The number of ether oxygens (including phenoxy) is 1. The number of hydrogen-bond acceptors (Lipinski definition) is 5. The van der Waals surface area contributed by atoms with Gasteiger partial charge in [0.25, 0.3) is 10.0 Å². The van der Waals surface area contributed by atoms with Gasteiger partial charge in [-0.05, 0) is 48.4 Å². The maximum atomic E-state index is 13.7. The molecule has 0 unspecified atom stereocenters. The van der Waals surface area contributed by atoms with Crippen molar-refractivity contribution in [1.82, 2.24) is 0 Å². The molecule has 0 N–H and O–H groups in total. The number of nitrogens with zero attached hydrogens (tertiary/aromatic N) is 1. The van der Waals surface area contributed by atoms with Crippen molar-refractivity contribution in [1.29, 1.82) is 0 Å². The highest BCUT2D eigenvalue weighted by Gasteiger charge is 2.31. The van der Waals surface area contributed by atoms with Crippen molar-refractivity contribution in [2.45, 2.75) is 11.3 Å². The lowest BCUT2D eigenvalue weighted by Gasteiger charge is -2.19. The van der Waals surface area contributed by atoms with Crippen LogP contribution in [0, 0.1) is 5.82 Å². The van der Waals surface area contributed by atoms with Crippen LogP contribution in [0.5, 0.6) is 0 Å². The largest absolute Gasteiger partial charge is 0.454 e. The Kier molecular flexibility index (Phi) is 5.56. The van der Waals surface area contributed by atoms with Gasteiger partial charge in [-0.3, -0.25) is 9.10 Å². The SMILES string of the molecule is O=C(OCC(=O)c1ccccc1F)c1cccc(S(=O)(=O)N2CCc3ccccc32)c1. The maximum absolute atomic E-state index is 13.7. The van der Waals surface area contributed by atoms with Crippen LogP contribution in [0.4, 0.5) is 10.1 Å². The van der Waals surface area contributed by atoms with Gasteiger partial charge in [-0.1, -0.05) is 36.4 Å². The molecule has 1 heterocycles. The molecule has 0 bridgehead atoms. The van der Waals surface area contributed by atoms with E-state index in [4.69, 9.17) is 4.74 Å². The Bertz CT molecular complexity index is 1270. The van der Waals surface area contributed by atoms with E-state index in [0.717, 1.165) is 11.6 Å². The first-order valence-electron chi connectivity index (χ1n) is 9.53. The number of sulfonamides is 1. The van der Waals surface area contributed by atoms with Crippen molar-refractivity contribution in [2.75, 3.05) is 17.5 Å². The zero-order valence-electron chi connectivity index (χ0n) is 16.3. The summed E-state index contributed by atoms with van der Waals surface area (Å²) >= 11 is 0. The van der Waals surface area contributed by atoms with Crippen LogP contribution in [0.25, 0.3) is 0 Å². The van der Waals surface area contributed by atoms with Gasteiger partial charge in [0.15, 0.2) is 6.61 Å². The van der Waals surface area contributed by atoms with E-state index in [1.807, 2.05) is 12.1 Å². The van der Waals surface area contributed by atoms with E-state index < -0.39 is 34.2 Å². The highest BCUT2D eigenvalue weighted by atomic mass is 32.2. The molecule has 158 valence electrons. The van der Waals surface area contributed by atoms with E-state index in [1.165, 1.54) is 46.8 Å². The first kappa shape index (κ1) is 20.7. The van der Waals surface area contributed by atoms with Crippen LogP contribution in [0.3, 0.4) is 0 Å². The Balaban J connectivity index is 1.51. The Morgan fingerprint density at radius 1 is 0.968 bits per heavy atom. The lowest BCUT2D eigenvalue weighted by atomic mass is 10.1. The molecule has 0 atom stereocenters. The molecule has 1 aliphatic rings. The molecule has 3 aromatic rings. The number of rotatable bonds is 6. The summed E-state index contributed by atoms with van der Waals surface area (Å²) in [4.78, 5) is 24.4. The highest BCUT2D eigenvalue weighted by molar-refractivity contribution is 7.92. The van der Waals surface area contributed by atoms with Gasteiger partial charge in [0.1, 0.15) is 5.82 Å². The Hall–Kier alpha value is -3.52. The number of esters is 1. The second-order valence-electron chi connectivity index (χ2n) is 6.96. The van der Waals surface area contributed by atoms with Gasteiger partial charge in [-0.25, -0.2) is 17.6 Å². The number of hydrogen-bond donors (Lipinski definition) is 0.